The molecule has 0 saturated carbocycles. The molecule has 0 saturated heterocycles. The first-order chi connectivity index (χ1) is 8.17. The van der Waals surface area contributed by atoms with Crippen molar-refractivity contribution in [1.82, 2.24) is 4.98 Å². The van der Waals surface area contributed by atoms with Crippen LogP contribution in [0.4, 0.5) is 5.69 Å². The van der Waals surface area contributed by atoms with E-state index in [0.29, 0.717) is 19.1 Å². The third-order valence-corrected chi connectivity index (χ3v) is 2.05. The largest absolute Gasteiger partial charge is 0.478 e. The molecule has 1 N–H and O–H groups in total. The lowest BCUT2D eigenvalue weighted by atomic mass is 10.3. The molecule has 5 nitrogen and oxygen atoms in total. The van der Waals surface area contributed by atoms with Crippen LogP contribution in [-0.2, 0) is 9.53 Å². The van der Waals surface area contributed by atoms with Crippen LogP contribution in [0.5, 0.6) is 5.88 Å². The number of hydrogen-bond acceptors (Lipinski definition) is 5. The molecule has 1 aromatic rings. The Labute approximate surface area is 101 Å². The second-order valence-corrected chi connectivity index (χ2v) is 3.44. The normalized spacial score (nSPS) is 11.7. The third-order valence-electron chi connectivity index (χ3n) is 2.05. The van der Waals surface area contributed by atoms with E-state index in [9.17, 15) is 4.79 Å². The van der Waals surface area contributed by atoms with Gasteiger partial charge in [-0.1, -0.05) is 0 Å². The van der Waals surface area contributed by atoms with Gasteiger partial charge in [-0.3, -0.25) is 0 Å². The van der Waals surface area contributed by atoms with Gasteiger partial charge in [-0.15, -0.1) is 0 Å². The number of carbonyl (C=O) groups is 1. The van der Waals surface area contributed by atoms with E-state index in [1.54, 1.807) is 26.1 Å². The van der Waals surface area contributed by atoms with Crippen molar-refractivity contribution >= 4 is 11.7 Å². The quantitative estimate of drug-likeness (QED) is 0.766. The molecule has 94 valence electrons. The van der Waals surface area contributed by atoms with Crippen molar-refractivity contribution in [2.24, 2.45) is 0 Å². The van der Waals surface area contributed by atoms with Gasteiger partial charge in [0.2, 0.25) is 5.88 Å². The number of nitrogens with one attached hydrogen (secondary N) is 1. The molecule has 1 atom stereocenters. The van der Waals surface area contributed by atoms with Crippen molar-refractivity contribution in [2.45, 2.75) is 26.8 Å². The summed E-state index contributed by atoms with van der Waals surface area (Å²) in [6.45, 7) is 6.39. The minimum atomic E-state index is -0.394. The van der Waals surface area contributed by atoms with Crippen LogP contribution in [-0.4, -0.2) is 30.2 Å². The number of carbonyl (C=O) groups excluding carboxylic acids is 1. The van der Waals surface area contributed by atoms with E-state index in [1.165, 1.54) is 0 Å². The van der Waals surface area contributed by atoms with E-state index < -0.39 is 6.04 Å². The zero-order valence-electron chi connectivity index (χ0n) is 10.4. The number of rotatable bonds is 6. The predicted molar refractivity (Wildman–Crippen MR) is 65.1 cm³/mol. The molecule has 1 unspecified atom stereocenters. The number of aromatic nitrogens is 1. The monoisotopic (exact) mass is 238 g/mol. The molecular weight excluding hydrogens is 220 g/mol. The molecule has 1 aromatic heterocycles. The molecule has 0 aliphatic carbocycles. The van der Waals surface area contributed by atoms with E-state index >= 15 is 0 Å². The summed E-state index contributed by atoms with van der Waals surface area (Å²) in [5, 5.41) is 3.00. The van der Waals surface area contributed by atoms with Crippen molar-refractivity contribution in [3.63, 3.8) is 0 Å². The summed E-state index contributed by atoms with van der Waals surface area (Å²) < 4.78 is 10.1. The maximum atomic E-state index is 11.4. The SMILES string of the molecule is CCOC(=O)C(C)Nc1ccc(OCC)nc1. The fourth-order valence-electron chi connectivity index (χ4n) is 1.28. The van der Waals surface area contributed by atoms with Gasteiger partial charge in [0.05, 0.1) is 25.1 Å². The average molecular weight is 238 g/mol. The summed E-state index contributed by atoms with van der Waals surface area (Å²) in [4.78, 5) is 15.5. The predicted octanol–water partition coefficient (Wildman–Crippen LogP) is 1.84. The highest BCUT2D eigenvalue weighted by Gasteiger charge is 2.13. The molecule has 17 heavy (non-hydrogen) atoms. The molecule has 0 aromatic carbocycles. The Morgan fingerprint density at radius 2 is 2.18 bits per heavy atom. The van der Waals surface area contributed by atoms with Crippen molar-refractivity contribution in [2.75, 3.05) is 18.5 Å². The number of pyridine rings is 1. The summed E-state index contributed by atoms with van der Waals surface area (Å²) in [5.74, 6) is 0.295. The van der Waals surface area contributed by atoms with Gasteiger partial charge in [0, 0.05) is 6.07 Å². The Balaban J connectivity index is 2.53. The van der Waals surface area contributed by atoms with Crippen LogP contribution in [0, 0.1) is 0 Å². The summed E-state index contributed by atoms with van der Waals surface area (Å²) >= 11 is 0. The maximum absolute atomic E-state index is 11.4. The molecule has 5 heteroatoms. The van der Waals surface area contributed by atoms with E-state index in [1.807, 2.05) is 13.0 Å². The Bertz CT molecular complexity index is 351. The fourth-order valence-corrected chi connectivity index (χ4v) is 1.28. The molecule has 0 aliphatic heterocycles. The lowest BCUT2D eigenvalue weighted by Crippen LogP contribution is -2.28. The summed E-state index contributed by atoms with van der Waals surface area (Å²) in [7, 11) is 0. The number of ether oxygens (including phenoxy) is 2. The second kappa shape index (κ2) is 6.73. The molecule has 0 radical (unpaired) electrons. The van der Waals surface area contributed by atoms with Crippen LogP contribution in [0.3, 0.4) is 0 Å². The highest BCUT2D eigenvalue weighted by Crippen LogP contribution is 2.12. The average Bonchev–Trinajstić information content (AvgIpc) is 2.32. The summed E-state index contributed by atoms with van der Waals surface area (Å²) in [5.41, 5.74) is 0.758. The Hall–Kier alpha value is -1.78. The van der Waals surface area contributed by atoms with Crippen LogP contribution in [0.15, 0.2) is 18.3 Å². The van der Waals surface area contributed by atoms with E-state index in [4.69, 9.17) is 9.47 Å². The smallest absolute Gasteiger partial charge is 0.328 e. The van der Waals surface area contributed by atoms with E-state index in [-0.39, 0.29) is 5.97 Å². The zero-order chi connectivity index (χ0) is 12.7. The molecule has 0 amide bonds. The van der Waals surface area contributed by atoms with Crippen LogP contribution in [0.25, 0.3) is 0 Å². The van der Waals surface area contributed by atoms with Gasteiger partial charge >= 0.3 is 5.97 Å². The molecule has 0 bridgehead atoms. The molecule has 1 heterocycles. The minimum Gasteiger partial charge on any atom is -0.478 e. The topological polar surface area (TPSA) is 60.5 Å². The fraction of sp³-hybridized carbons (Fsp3) is 0.500. The lowest BCUT2D eigenvalue weighted by Gasteiger charge is -2.13. The lowest BCUT2D eigenvalue weighted by molar-refractivity contribution is -0.143. The molecule has 1 rings (SSSR count). The van der Waals surface area contributed by atoms with Gasteiger partial charge < -0.3 is 14.8 Å². The first-order valence-corrected chi connectivity index (χ1v) is 5.69. The van der Waals surface area contributed by atoms with E-state index in [2.05, 4.69) is 10.3 Å². The van der Waals surface area contributed by atoms with Crippen LogP contribution >= 0.6 is 0 Å². The molecule has 0 fully saturated rings. The van der Waals surface area contributed by atoms with E-state index in [0.717, 1.165) is 5.69 Å². The molecular formula is C12H18N2O3. The van der Waals surface area contributed by atoms with Crippen molar-refractivity contribution in [3.8, 4) is 5.88 Å². The zero-order valence-corrected chi connectivity index (χ0v) is 10.4. The van der Waals surface area contributed by atoms with Crippen molar-refractivity contribution in [3.05, 3.63) is 18.3 Å². The van der Waals surface area contributed by atoms with Gasteiger partial charge in [-0.2, -0.15) is 0 Å². The first kappa shape index (κ1) is 13.3. The maximum Gasteiger partial charge on any atom is 0.328 e. The molecule has 0 spiro atoms. The Morgan fingerprint density at radius 3 is 2.71 bits per heavy atom. The molecule has 0 aliphatic rings. The van der Waals surface area contributed by atoms with Crippen molar-refractivity contribution < 1.29 is 14.3 Å². The number of hydrogen-bond donors (Lipinski definition) is 1. The number of anilines is 1. The van der Waals surface area contributed by atoms with Crippen LogP contribution < -0.4 is 10.1 Å². The van der Waals surface area contributed by atoms with Gasteiger partial charge in [0.15, 0.2) is 0 Å². The highest BCUT2D eigenvalue weighted by atomic mass is 16.5. The van der Waals surface area contributed by atoms with Crippen molar-refractivity contribution in [1.29, 1.82) is 0 Å². The van der Waals surface area contributed by atoms with Gasteiger partial charge in [-0.25, -0.2) is 9.78 Å². The Morgan fingerprint density at radius 1 is 1.41 bits per heavy atom. The van der Waals surface area contributed by atoms with Crippen LogP contribution in [0.2, 0.25) is 0 Å². The summed E-state index contributed by atoms with van der Waals surface area (Å²) in [6.07, 6.45) is 1.63. The third kappa shape index (κ3) is 4.30. The first-order valence-electron chi connectivity index (χ1n) is 5.69. The van der Waals surface area contributed by atoms with Gasteiger partial charge in [-0.05, 0) is 26.8 Å². The van der Waals surface area contributed by atoms with Gasteiger partial charge in [0.1, 0.15) is 6.04 Å². The van der Waals surface area contributed by atoms with Gasteiger partial charge in [0.25, 0.3) is 0 Å². The standard InChI is InChI=1S/C12H18N2O3/c1-4-16-11-7-6-10(8-13-11)14-9(3)12(15)17-5-2/h6-9,14H,4-5H2,1-3H3. The highest BCUT2D eigenvalue weighted by molar-refractivity contribution is 5.78. The van der Waals surface area contributed by atoms with Crippen LogP contribution in [0.1, 0.15) is 20.8 Å². The number of esters is 1. The second-order valence-electron chi connectivity index (χ2n) is 3.44. The minimum absolute atomic E-state index is 0.276. The summed E-state index contributed by atoms with van der Waals surface area (Å²) in [6, 6.07) is 3.17. The number of nitrogens with zero attached hydrogens (tertiary/aromatic N) is 1. The Kier molecular flexibility index (Phi) is 5.26.